The van der Waals surface area contributed by atoms with Gasteiger partial charge in [-0.05, 0) is 38.0 Å². The summed E-state index contributed by atoms with van der Waals surface area (Å²) in [6, 6.07) is 0. The van der Waals surface area contributed by atoms with Crippen molar-refractivity contribution < 1.29 is 4.79 Å². The van der Waals surface area contributed by atoms with E-state index < -0.39 is 0 Å². The minimum atomic E-state index is -0.348. The van der Waals surface area contributed by atoms with Crippen LogP contribution in [0.2, 0.25) is 0 Å². The van der Waals surface area contributed by atoms with E-state index in [2.05, 4.69) is 24.1 Å². The molecule has 1 aromatic heterocycles. The molecule has 122 valence electrons. The van der Waals surface area contributed by atoms with Crippen LogP contribution >= 0.6 is 11.8 Å². The standard InChI is InChI=1S/C18H22N2O2S/c1-9-7-14-13(8-15(9)23-10-5-6-10)17(21)11-3-2-4-12(18(19)22)16(11)20-14/h7-10,12,15,20H,2-6H2,1H3,(H2,19,22)/t9?,12-,15?/m0/s1. The molecule has 5 heteroatoms. The Kier molecular flexibility index (Phi) is 3.63. The van der Waals surface area contributed by atoms with Gasteiger partial charge in [0.15, 0.2) is 5.43 Å². The number of carbonyl (C=O) groups excluding carboxylic acids is 1. The highest BCUT2D eigenvalue weighted by atomic mass is 32.2. The molecule has 0 bridgehead atoms. The third-order valence-electron chi connectivity index (χ3n) is 5.17. The van der Waals surface area contributed by atoms with Crippen molar-refractivity contribution in [2.75, 3.05) is 0 Å². The molecule has 0 spiro atoms. The van der Waals surface area contributed by atoms with Gasteiger partial charge in [-0.2, -0.15) is 11.8 Å². The molecule has 3 aliphatic carbocycles. The molecule has 0 radical (unpaired) electrons. The molecule has 3 aliphatic rings. The van der Waals surface area contributed by atoms with E-state index in [0.29, 0.717) is 11.2 Å². The second-order valence-corrected chi connectivity index (χ2v) is 8.50. The fourth-order valence-electron chi connectivity index (χ4n) is 3.71. The summed E-state index contributed by atoms with van der Waals surface area (Å²) in [7, 11) is 0. The van der Waals surface area contributed by atoms with E-state index in [1.165, 1.54) is 12.8 Å². The van der Waals surface area contributed by atoms with Crippen LogP contribution in [0, 0.1) is 5.92 Å². The van der Waals surface area contributed by atoms with Crippen molar-refractivity contribution in [3.05, 3.63) is 32.0 Å². The van der Waals surface area contributed by atoms with Crippen LogP contribution in [0.25, 0.3) is 12.2 Å². The van der Waals surface area contributed by atoms with Crippen molar-refractivity contribution >= 4 is 29.8 Å². The van der Waals surface area contributed by atoms with Crippen molar-refractivity contribution in [2.45, 2.75) is 55.4 Å². The summed E-state index contributed by atoms with van der Waals surface area (Å²) in [5.74, 6) is -0.298. The van der Waals surface area contributed by atoms with Crippen molar-refractivity contribution in [3.8, 4) is 0 Å². The summed E-state index contributed by atoms with van der Waals surface area (Å²) < 4.78 is 0. The normalized spacial score (nSPS) is 29.0. The predicted molar refractivity (Wildman–Crippen MR) is 93.7 cm³/mol. The van der Waals surface area contributed by atoms with Crippen molar-refractivity contribution in [1.29, 1.82) is 0 Å². The Balaban J connectivity index is 1.87. The van der Waals surface area contributed by atoms with Crippen LogP contribution in [-0.2, 0) is 11.2 Å². The van der Waals surface area contributed by atoms with E-state index in [-0.39, 0.29) is 17.3 Å². The summed E-state index contributed by atoms with van der Waals surface area (Å²) in [5, 5.41) is 2.82. The molecule has 4 nitrogen and oxygen atoms in total. The SMILES string of the molecule is CC1C=c2[nH]c3c(c(=O)c2=CC1SC1CC1)CCC[C@@H]3C(N)=O. The Morgan fingerprint density at radius 1 is 1.30 bits per heavy atom. The maximum atomic E-state index is 12.9. The number of hydrogen-bond acceptors (Lipinski definition) is 3. The van der Waals surface area contributed by atoms with Crippen molar-refractivity contribution in [1.82, 2.24) is 4.98 Å². The molecule has 1 amide bonds. The highest BCUT2D eigenvalue weighted by molar-refractivity contribution is 8.01. The van der Waals surface area contributed by atoms with E-state index in [1.54, 1.807) is 0 Å². The van der Waals surface area contributed by atoms with E-state index in [1.807, 2.05) is 11.8 Å². The van der Waals surface area contributed by atoms with Crippen LogP contribution in [0.3, 0.4) is 0 Å². The molecule has 0 saturated heterocycles. The molecule has 2 unspecified atom stereocenters. The number of aromatic amines is 1. The molecule has 1 heterocycles. The first-order valence-corrected chi connectivity index (χ1v) is 9.42. The minimum Gasteiger partial charge on any atom is -0.369 e. The fourth-order valence-corrected chi connectivity index (χ4v) is 5.11. The van der Waals surface area contributed by atoms with Crippen LogP contribution in [0.5, 0.6) is 0 Å². The van der Waals surface area contributed by atoms with Gasteiger partial charge in [0, 0.05) is 32.3 Å². The molecular formula is C18H22N2O2S. The number of pyridine rings is 1. The molecule has 4 rings (SSSR count). The smallest absolute Gasteiger partial charge is 0.226 e. The summed E-state index contributed by atoms with van der Waals surface area (Å²) >= 11 is 2.00. The molecule has 23 heavy (non-hydrogen) atoms. The van der Waals surface area contributed by atoms with Crippen LogP contribution < -0.4 is 21.7 Å². The lowest BCUT2D eigenvalue weighted by atomic mass is 9.85. The van der Waals surface area contributed by atoms with Crippen LogP contribution in [0.1, 0.15) is 49.8 Å². The van der Waals surface area contributed by atoms with Gasteiger partial charge in [0.05, 0.1) is 5.92 Å². The Morgan fingerprint density at radius 2 is 2.09 bits per heavy atom. The number of primary amides is 1. The first kappa shape index (κ1) is 15.1. The number of aromatic nitrogens is 1. The second-order valence-electron chi connectivity index (χ2n) is 7.01. The van der Waals surface area contributed by atoms with Gasteiger partial charge in [-0.25, -0.2) is 0 Å². The summed E-state index contributed by atoms with van der Waals surface area (Å²) in [6.45, 7) is 2.20. The molecule has 0 aromatic carbocycles. The average molecular weight is 330 g/mol. The van der Waals surface area contributed by atoms with E-state index in [0.717, 1.165) is 46.3 Å². The molecule has 1 fully saturated rings. The Bertz CT molecular complexity index is 838. The maximum absolute atomic E-state index is 12.9. The Labute approximate surface area is 139 Å². The molecule has 1 aromatic rings. The lowest BCUT2D eigenvalue weighted by Crippen LogP contribution is -2.49. The van der Waals surface area contributed by atoms with Gasteiger partial charge in [-0.15, -0.1) is 0 Å². The molecule has 3 N–H and O–H groups in total. The third-order valence-corrected chi connectivity index (χ3v) is 6.90. The van der Waals surface area contributed by atoms with E-state index >= 15 is 0 Å². The van der Waals surface area contributed by atoms with Gasteiger partial charge in [0.25, 0.3) is 0 Å². The zero-order chi connectivity index (χ0) is 16.1. The van der Waals surface area contributed by atoms with Crippen molar-refractivity contribution in [3.63, 3.8) is 0 Å². The molecule has 3 atom stereocenters. The lowest BCUT2D eigenvalue weighted by Gasteiger charge is -2.25. The zero-order valence-electron chi connectivity index (χ0n) is 13.3. The van der Waals surface area contributed by atoms with Gasteiger partial charge in [0.1, 0.15) is 0 Å². The van der Waals surface area contributed by atoms with Crippen molar-refractivity contribution in [2.24, 2.45) is 11.7 Å². The number of nitrogens with two attached hydrogens (primary N) is 1. The first-order valence-electron chi connectivity index (χ1n) is 8.48. The van der Waals surface area contributed by atoms with Crippen LogP contribution in [-0.4, -0.2) is 21.4 Å². The number of carbonyl (C=O) groups is 1. The minimum absolute atomic E-state index is 0.101. The van der Waals surface area contributed by atoms with Gasteiger partial charge < -0.3 is 10.7 Å². The number of thioether (sulfide) groups is 1. The molecule has 0 aliphatic heterocycles. The molecular weight excluding hydrogens is 308 g/mol. The van der Waals surface area contributed by atoms with E-state index in [9.17, 15) is 9.59 Å². The highest BCUT2D eigenvalue weighted by Crippen LogP contribution is 2.40. The number of fused-ring (bicyclic) bond motifs is 2. The third kappa shape index (κ3) is 2.65. The Hall–Kier alpha value is -1.49. The van der Waals surface area contributed by atoms with E-state index in [4.69, 9.17) is 5.73 Å². The monoisotopic (exact) mass is 330 g/mol. The Morgan fingerprint density at radius 3 is 2.78 bits per heavy atom. The quantitative estimate of drug-likeness (QED) is 0.859. The lowest BCUT2D eigenvalue weighted by molar-refractivity contribution is -0.119. The van der Waals surface area contributed by atoms with Gasteiger partial charge >= 0.3 is 0 Å². The van der Waals surface area contributed by atoms with Gasteiger partial charge in [0.2, 0.25) is 5.91 Å². The van der Waals surface area contributed by atoms with Crippen LogP contribution in [0.15, 0.2) is 4.79 Å². The second kappa shape index (κ2) is 5.55. The number of H-pyrrole nitrogens is 1. The maximum Gasteiger partial charge on any atom is 0.226 e. The average Bonchev–Trinajstić information content (AvgIpc) is 3.32. The summed E-state index contributed by atoms with van der Waals surface area (Å²) in [5.41, 5.74) is 7.17. The summed E-state index contributed by atoms with van der Waals surface area (Å²) in [6.07, 6.45) is 9.23. The topological polar surface area (TPSA) is 75.9 Å². The van der Waals surface area contributed by atoms with Gasteiger partial charge in [-0.3, -0.25) is 9.59 Å². The number of amides is 1. The number of hydrogen-bond donors (Lipinski definition) is 2. The number of nitrogens with one attached hydrogen (secondary N) is 1. The first-order chi connectivity index (χ1) is 11.0. The highest BCUT2D eigenvalue weighted by Gasteiger charge is 2.31. The van der Waals surface area contributed by atoms with Crippen LogP contribution in [0.4, 0.5) is 0 Å². The zero-order valence-corrected chi connectivity index (χ0v) is 14.1. The summed E-state index contributed by atoms with van der Waals surface area (Å²) in [4.78, 5) is 28.0. The largest absolute Gasteiger partial charge is 0.369 e. The predicted octanol–water partition coefficient (Wildman–Crippen LogP) is 0.755. The number of rotatable bonds is 3. The van der Waals surface area contributed by atoms with Gasteiger partial charge in [-0.1, -0.05) is 19.1 Å². The fraction of sp³-hybridized carbons (Fsp3) is 0.556. The molecule has 1 saturated carbocycles.